The average molecular weight is 387 g/mol. The topological polar surface area (TPSA) is 110 Å². The maximum atomic E-state index is 12.5. The van der Waals surface area contributed by atoms with Crippen LogP contribution >= 0.6 is 0 Å². The molecule has 0 aliphatic carbocycles. The van der Waals surface area contributed by atoms with Gasteiger partial charge < -0.3 is 19.5 Å². The van der Waals surface area contributed by atoms with Crippen LogP contribution in [0.3, 0.4) is 0 Å². The van der Waals surface area contributed by atoms with Gasteiger partial charge in [0.05, 0.1) is 31.0 Å². The molecule has 0 saturated carbocycles. The van der Waals surface area contributed by atoms with E-state index in [0.29, 0.717) is 42.6 Å². The molecule has 150 valence electrons. The molecule has 4 heterocycles. The van der Waals surface area contributed by atoms with Crippen LogP contribution in [-0.4, -0.2) is 70.0 Å². The maximum Gasteiger partial charge on any atom is 0.323 e. The fourth-order valence-corrected chi connectivity index (χ4v) is 3.82. The van der Waals surface area contributed by atoms with E-state index in [-0.39, 0.29) is 6.03 Å². The number of β-amino-alcohol motifs (C(OH)–C–C–N with tert-alkyl or cyclic N) is 1. The summed E-state index contributed by atoms with van der Waals surface area (Å²) in [6.07, 6.45) is 5.74. The number of aliphatic hydroxyl groups is 1. The minimum absolute atomic E-state index is 0.290. The first-order valence-electron chi connectivity index (χ1n) is 9.52. The van der Waals surface area contributed by atoms with Gasteiger partial charge in [0.15, 0.2) is 11.3 Å². The van der Waals surface area contributed by atoms with Crippen molar-refractivity contribution >= 4 is 22.9 Å². The molecule has 9 nitrogen and oxygen atoms in total. The number of hydrogen-bond donors (Lipinski definition) is 2. The third-order valence-corrected chi connectivity index (χ3v) is 5.40. The van der Waals surface area contributed by atoms with Crippen LogP contribution < -0.4 is 10.1 Å². The van der Waals surface area contributed by atoms with Crippen LogP contribution in [0, 0.1) is 0 Å². The van der Waals surface area contributed by atoms with E-state index in [9.17, 15) is 9.90 Å². The number of likely N-dealkylation sites (tertiary alicyclic amines) is 1. The highest BCUT2D eigenvalue weighted by Gasteiger charge is 2.34. The number of carbonyl (C=O) groups is 1. The fourth-order valence-electron chi connectivity index (χ4n) is 3.82. The van der Waals surface area contributed by atoms with E-state index < -0.39 is 5.60 Å². The molecule has 0 radical (unpaired) electrons. The summed E-state index contributed by atoms with van der Waals surface area (Å²) >= 11 is 0. The lowest BCUT2D eigenvalue weighted by Gasteiger charge is -2.23. The molecule has 2 aromatic heterocycles. The van der Waals surface area contributed by atoms with Gasteiger partial charge in [-0.05, 0) is 32.1 Å². The number of pyridine rings is 1. The highest BCUT2D eigenvalue weighted by molar-refractivity contribution is 5.90. The van der Waals surface area contributed by atoms with E-state index >= 15 is 0 Å². The predicted octanol–water partition coefficient (Wildman–Crippen LogP) is 1.92. The quantitative estimate of drug-likeness (QED) is 0.828. The molecule has 0 bridgehead atoms. The van der Waals surface area contributed by atoms with Crippen molar-refractivity contribution in [2.24, 2.45) is 0 Å². The smallest absolute Gasteiger partial charge is 0.323 e. The largest absolute Gasteiger partial charge is 0.479 e. The lowest BCUT2D eigenvalue weighted by atomic mass is 9.92. The first-order valence-corrected chi connectivity index (χ1v) is 9.52. The molecule has 2 amide bonds. The van der Waals surface area contributed by atoms with E-state index in [1.807, 2.05) is 0 Å². The van der Waals surface area contributed by atoms with E-state index in [4.69, 9.17) is 9.47 Å². The van der Waals surface area contributed by atoms with Crippen molar-refractivity contribution in [2.75, 3.05) is 38.7 Å². The second-order valence-corrected chi connectivity index (χ2v) is 7.66. The zero-order chi connectivity index (χ0) is 19.7. The van der Waals surface area contributed by atoms with Crippen molar-refractivity contribution in [2.45, 2.75) is 37.7 Å². The normalized spacial score (nSPS) is 23.2. The summed E-state index contributed by atoms with van der Waals surface area (Å²) in [6.45, 7) is 3.96. The van der Waals surface area contributed by atoms with Crippen molar-refractivity contribution in [1.29, 1.82) is 0 Å². The van der Waals surface area contributed by atoms with Gasteiger partial charge in [-0.2, -0.15) is 0 Å². The zero-order valence-electron chi connectivity index (χ0n) is 16.1. The summed E-state index contributed by atoms with van der Waals surface area (Å²) in [5.74, 6) is 1.02. The molecular weight excluding hydrogens is 362 g/mol. The number of nitrogens with zero attached hydrogens (tertiary/aromatic N) is 4. The Bertz CT molecular complexity index is 882. The van der Waals surface area contributed by atoms with Crippen LogP contribution in [0.15, 0.2) is 12.4 Å². The van der Waals surface area contributed by atoms with Gasteiger partial charge in [0.1, 0.15) is 0 Å². The molecule has 2 fully saturated rings. The number of fused-ring (bicyclic) bond motifs is 1. The van der Waals surface area contributed by atoms with E-state index in [1.165, 1.54) is 7.11 Å². The summed E-state index contributed by atoms with van der Waals surface area (Å²) in [5.41, 5.74) is 1.44. The molecule has 0 aromatic carbocycles. The molecule has 2 aliphatic rings. The SMILES string of the molecule is COc1ncc(C2CCOCC2)c2ncc(NC(=O)N3CCC(C)(O)C3)nc12. The van der Waals surface area contributed by atoms with E-state index in [1.54, 1.807) is 24.2 Å². The number of urea groups is 1. The molecule has 4 rings (SSSR count). The van der Waals surface area contributed by atoms with Crippen LogP contribution in [0.4, 0.5) is 10.6 Å². The molecule has 0 spiro atoms. The van der Waals surface area contributed by atoms with E-state index in [0.717, 1.165) is 37.1 Å². The number of methoxy groups -OCH3 is 1. The third-order valence-electron chi connectivity index (χ3n) is 5.40. The molecule has 2 saturated heterocycles. The van der Waals surface area contributed by atoms with Crippen molar-refractivity contribution in [3.8, 4) is 5.88 Å². The molecule has 1 atom stereocenters. The molecular formula is C19H25N5O4. The first-order chi connectivity index (χ1) is 13.5. The summed E-state index contributed by atoms with van der Waals surface area (Å²) in [7, 11) is 1.54. The Morgan fingerprint density at radius 2 is 2.11 bits per heavy atom. The van der Waals surface area contributed by atoms with Gasteiger partial charge in [-0.1, -0.05) is 0 Å². The van der Waals surface area contributed by atoms with Crippen molar-refractivity contribution in [3.05, 3.63) is 18.0 Å². The molecule has 2 N–H and O–H groups in total. The minimum Gasteiger partial charge on any atom is -0.479 e. The van der Waals surface area contributed by atoms with Gasteiger partial charge in [-0.15, -0.1) is 0 Å². The van der Waals surface area contributed by atoms with Crippen molar-refractivity contribution in [3.63, 3.8) is 0 Å². The first kappa shape index (κ1) is 18.8. The molecule has 1 unspecified atom stereocenters. The van der Waals surface area contributed by atoms with Gasteiger partial charge in [0, 0.05) is 31.5 Å². The number of ether oxygens (including phenoxy) is 2. The Labute approximate surface area is 163 Å². The number of aromatic nitrogens is 3. The summed E-state index contributed by atoms with van der Waals surface area (Å²) in [4.78, 5) is 27.6. The lowest BCUT2D eigenvalue weighted by molar-refractivity contribution is 0.0727. The Balaban J connectivity index is 1.61. The summed E-state index contributed by atoms with van der Waals surface area (Å²) < 4.78 is 10.8. The lowest BCUT2D eigenvalue weighted by Crippen LogP contribution is -2.36. The van der Waals surface area contributed by atoms with Crippen LogP contribution in [0.2, 0.25) is 0 Å². The van der Waals surface area contributed by atoms with Gasteiger partial charge in [-0.3, -0.25) is 10.3 Å². The van der Waals surface area contributed by atoms with Crippen LogP contribution in [-0.2, 0) is 4.74 Å². The minimum atomic E-state index is -0.849. The van der Waals surface area contributed by atoms with Gasteiger partial charge in [0.2, 0.25) is 5.88 Å². The number of nitrogens with one attached hydrogen (secondary N) is 1. The van der Waals surface area contributed by atoms with Crippen molar-refractivity contribution in [1.82, 2.24) is 19.9 Å². The maximum absolute atomic E-state index is 12.5. The number of rotatable bonds is 3. The Morgan fingerprint density at radius 3 is 2.79 bits per heavy atom. The Kier molecular flexibility index (Phi) is 5.03. The number of anilines is 1. The summed E-state index contributed by atoms with van der Waals surface area (Å²) in [5, 5.41) is 12.8. The van der Waals surface area contributed by atoms with Crippen molar-refractivity contribution < 1.29 is 19.4 Å². The van der Waals surface area contributed by atoms with Crippen LogP contribution in [0.5, 0.6) is 5.88 Å². The molecule has 28 heavy (non-hydrogen) atoms. The number of amides is 2. The van der Waals surface area contributed by atoms with Gasteiger partial charge >= 0.3 is 6.03 Å². The third kappa shape index (κ3) is 3.72. The predicted molar refractivity (Wildman–Crippen MR) is 103 cm³/mol. The Hall–Kier alpha value is -2.52. The summed E-state index contributed by atoms with van der Waals surface area (Å²) in [6, 6.07) is -0.307. The molecule has 2 aromatic rings. The molecule has 2 aliphatic heterocycles. The zero-order valence-corrected chi connectivity index (χ0v) is 16.1. The standard InChI is InChI=1S/C19H25N5O4/c1-19(26)5-6-24(11-19)18(25)23-14-10-20-15-13(12-3-7-28-8-4-12)9-21-17(27-2)16(15)22-14/h9-10,12,26H,3-8,11H2,1-2H3,(H,22,23,25). The van der Waals surface area contributed by atoms with Gasteiger partial charge in [-0.25, -0.2) is 14.8 Å². The van der Waals surface area contributed by atoms with Crippen LogP contribution in [0.25, 0.3) is 11.0 Å². The second kappa shape index (κ2) is 7.48. The molecule has 9 heteroatoms. The highest BCUT2D eigenvalue weighted by Crippen LogP contribution is 2.33. The number of carbonyl (C=O) groups excluding carboxylic acids is 1. The Morgan fingerprint density at radius 1 is 1.32 bits per heavy atom. The van der Waals surface area contributed by atoms with E-state index in [2.05, 4.69) is 20.3 Å². The average Bonchev–Trinajstić information content (AvgIpc) is 3.07. The second-order valence-electron chi connectivity index (χ2n) is 7.66. The monoisotopic (exact) mass is 387 g/mol. The van der Waals surface area contributed by atoms with Crippen LogP contribution in [0.1, 0.15) is 37.7 Å². The highest BCUT2D eigenvalue weighted by atomic mass is 16.5. The fraction of sp³-hybridized carbons (Fsp3) is 0.579. The number of hydrogen-bond acceptors (Lipinski definition) is 7. The van der Waals surface area contributed by atoms with Gasteiger partial charge in [0.25, 0.3) is 0 Å².